The second-order valence-electron chi connectivity index (χ2n) is 9.65. The van der Waals surface area contributed by atoms with Crippen molar-refractivity contribution in [3.05, 3.63) is 70.8 Å². The maximum Gasteiger partial charge on any atom is 0.166 e. The lowest BCUT2D eigenvalue weighted by atomic mass is 9.66. The summed E-state index contributed by atoms with van der Waals surface area (Å²) in [4.78, 5) is 23.8. The SMILES string of the molecule is CC.CC.CC1C(=O)Cc2ccccc2C1(C)C.CC1C(=O)c2ccccc2CC1(C)C. The van der Waals surface area contributed by atoms with Crippen LogP contribution in [0.5, 0.6) is 0 Å². The summed E-state index contributed by atoms with van der Waals surface area (Å²) in [7, 11) is 0. The number of hydrogen-bond donors (Lipinski definition) is 0. The first-order valence-corrected chi connectivity index (χ1v) is 12.3. The van der Waals surface area contributed by atoms with Crippen molar-refractivity contribution in [3.63, 3.8) is 0 Å². The summed E-state index contributed by atoms with van der Waals surface area (Å²) < 4.78 is 0. The first kappa shape index (κ1) is 27.8. The van der Waals surface area contributed by atoms with Gasteiger partial charge in [-0.15, -0.1) is 0 Å². The molecule has 2 heteroatoms. The fourth-order valence-electron chi connectivity index (χ4n) is 4.43. The third kappa shape index (κ3) is 5.77. The minimum absolute atomic E-state index is 0.00801. The Balaban J connectivity index is 0.000000277. The summed E-state index contributed by atoms with van der Waals surface area (Å²) in [5.41, 5.74) is 4.78. The number of rotatable bonds is 0. The Morgan fingerprint density at radius 3 is 1.81 bits per heavy atom. The van der Waals surface area contributed by atoms with E-state index in [1.807, 2.05) is 65.8 Å². The van der Waals surface area contributed by atoms with Gasteiger partial charge in [0.1, 0.15) is 5.78 Å². The molecule has 0 amide bonds. The van der Waals surface area contributed by atoms with Gasteiger partial charge in [0.2, 0.25) is 0 Å². The number of ketones is 2. The number of fused-ring (bicyclic) bond motifs is 2. The van der Waals surface area contributed by atoms with Crippen LogP contribution in [-0.2, 0) is 23.1 Å². The third-order valence-electron chi connectivity index (χ3n) is 7.14. The van der Waals surface area contributed by atoms with Gasteiger partial charge in [0.25, 0.3) is 0 Å². The van der Waals surface area contributed by atoms with Gasteiger partial charge >= 0.3 is 0 Å². The predicted molar refractivity (Wildman–Crippen MR) is 137 cm³/mol. The topological polar surface area (TPSA) is 34.1 Å². The second kappa shape index (κ2) is 11.6. The van der Waals surface area contributed by atoms with Crippen molar-refractivity contribution >= 4 is 11.6 Å². The van der Waals surface area contributed by atoms with Gasteiger partial charge in [-0.1, -0.05) is 118 Å². The van der Waals surface area contributed by atoms with Crippen molar-refractivity contribution in [2.75, 3.05) is 0 Å². The van der Waals surface area contributed by atoms with E-state index in [1.54, 1.807) is 0 Å². The van der Waals surface area contributed by atoms with Gasteiger partial charge in [-0.3, -0.25) is 9.59 Å². The lowest BCUT2D eigenvalue weighted by Crippen LogP contribution is -2.38. The molecule has 0 bridgehead atoms. The summed E-state index contributed by atoms with van der Waals surface area (Å²) >= 11 is 0. The quantitative estimate of drug-likeness (QED) is 0.421. The summed E-state index contributed by atoms with van der Waals surface area (Å²) in [5, 5.41) is 0. The Bertz CT molecular complexity index is 905. The van der Waals surface area contributed by atoms with E-state index in [0.717, 1.165) is 12.0 Å². The molecule has 0 fully saturated rings. The molecule has 2 atom stereocenters. The Morgan fingerprint density at radius 2 is 1.22 bits per heavy atom. The largest absolute Gasteiger partial charge is 0.299 e. The van der Waals surface area contributed by atoms with Gasteiger partial charge in [-0.05, 0) is 33.9 Å². The highest BCUT2D eigenvalue weighted by Gasteiger charge is 2.38. The van der Waals surface area contributed by atoms with Crippen LogP contribution in [0.3, 0.4) is 0 Å². The van der Waals surface area contributed by atoms with Crippen LogP contribution in [0.25, 0.3) is 0 Å². The van der Waals surface area contributed by atoms with E-state index in [1.165, 1.54) is 16.7 Å². The molecule has 32 heavy (non-hydrogen) atoms. The minimum Gasteiger partial charge on any atom is -0.299 e. The molecule has 2 aromatic carbocycles. The fraction of sp³-hybridized carbons (Fsp3) is 0.533. The maximum atomic E-state index is 12.0. The van der Waals surface area contributed by atoms with Crippen LogP contribution in [0, 0.1) is 17.3 Å². The molecule has 2 nitrogen and oxygen atoms in total. The highest BCUT2D eigenvalue weighted by molar-refractivity contribution is 6.00. The predicted octanol–water partition coefficient (Wildman–Crippen LogP) is 7.87. The van der Waals surface area contributed by atoms with E-state index < -0.39 is 0 Å². The summed E-state index contributed by atoms with van der Waals surface area (Å²) in [5.74, 6) is 0.945. The molecule has 4 rings (SSSR count). The molecule has 2 aliphatic rings. The maximum absolute atomic E-state index is 12.0. The summed E-state index contributed by atoms with van der Waals surface area (Å²) in [6, 6.07) is 16.3. The number of hydrogen-bond acceptors (Lipinski definition) is 2. The van der Waals surface area contributed by atoms with Crippen molar-refractivity contribution in [2.45, 2.75) is 87.5 Å². The lowest BCUT2D eigenvalue weighted by Gasteiger charge is -2.37. The molecule has 0 aliphatic heterocycles. The zero-order valence-corrected chi connectivity index (χ0v) is 22.0. The van der Waals surface area contributed by atoms with E-state index in [2.05, 4.69) is 52.0 Å². The number of carbonyl (C=O) groups is 2. The highest BCUT2D eigenvalue weighted by atomic mass is 16.1. The van der Waals surface area contributed by atoms with E-state index >= 15 is 0 Å². The van der Waals surface area contributed by atoms with Crippen LogP contribution in [0.4, 0.5) is 0 Å². The van der Waals surface area contributed by atoms with Gasteiger partial charge in [-0.2, -0.15) is 0 Å². The molecule has 2 unspecified atom stereocenters. The van der Waals surface area contributed by atoms with Crippen LogP contribution >= 0.6 is 0 Å². The van der Waals surface area contributed by atoms with Crippen molar-refractivity contribution in [2.24, 2.45) is 17.3 Å². The molecule has 0 heterocycles. The number of benzene rings is 2. The molecule has 0 saturated carbocycles. The van der Waals surface area contributed by atoms with Gasteiger partial charge in [0, 0.05) is 23.8 Å². The Labute approximate surface area is 196 Å². The highest BCUT2D eigenvalue weighted by Crippen LogP contribution is 2.39. The van der Waals surface area contributed by atoms with Crippen LogP contribution in [0.1, 0.15) is 96.3 Å². The van der Waals surface area contributed by atoms with E-state index in [9.17, 15) is 9.59 Å². The summed E-state index contributed by atoms with van der Waals surface area (Å²) in [6.07, 6.45) is 1.62. The monoisotopic (exact) mass is 436 g/mol. The van der Waals surface area contributed by atoms with Crippen molar-refractivity contribution in [1.82, 2.24) is 0 Å². The molecule has 0 radical (unpaired) electrons. The number of Topliss-reactive ketones (excluding diaryl/α,β-unsaturated/α-hetero) is 2. The Hall–Kier alpha value is -2.22. The number of carbonyl (C=O) groups excluding carboxylic acids is 2. The zero-order valence-electron chi connectivity index (χ0n) is 22.0. The van der Waals surface area contributed by atoms with Crippen LogP contribution in [-0.4, -0.2) is 11.6 Å². The van der Waals surface area contributed by atoms with Crippen LogP contribution in [0.15, 0.2) is 48.5 Å². The van der Waals surface area contributed by atoms with Crippen molar-refractivity contribution in [1.29, 1.82) is 0 Å². The molecule has 2 aliphatic carbocycles. The Kier molecular flexibility index (Phi) is 10.1. The fourth-order valence-corrected chi connectivity index (χ4v) is 4.43. The second-order valence-corrected chi connectivity index (χ2v) is 9.65. The van der Waals surface area contributed by atoms with Crippen LogP contribution in [0.2, 0.25) is 0 Å². The van der Waals surface area contributed by atoms with Gasteiger partial charge in [-0.25, -0.2) is 0 Å². The van der Waals surface area contributed by atoms with Crippen molar-refractivity contribution < 1.29 is 9.59 Å². The first-order chi connectivity index (χ1) is 15.1. The average molecular weight is 437 g/mol. The smallest absolute Gasteiger partial charge is 0.166 e. The molecular weight excluding hydrogens is 392 g/mol. The standard InChI is InChI=1S/2C13H16O.2C2H6/c1-9-12(14)11-7-5-4-6-10(11)8-13(9,2)3;1-9-12(14)8-10-6-4-5-7-11(10)13(9,2)3;2*1-2/h2*4-7,9H,8H2,1-3H3;2*1-2H3. The average Bonchev–Trinajstić information content (AvgIpc) is 2.79. The minimum atomic E-state index is -0.00801. The first-order valence-electron chi connectivity index (χ1n) is 12.3. The molecule has 176 valence electrons. The van der Waals surface area contributed by atoms with Crippen LogP contribution < -0.4 is 0 Å². The molecule has 0 saturated heterocycles. The molecular formula is C30H44O2. The third-order valence-corrected chi connectivity index (χ3v) is 7.14. The van der Waals surface area contributed by atoms with Crippen molar-refractivity contribution in [3.8, 4) is 0 Å². The normalized spacial score (nSPS) is 21.8. The Morgan fingerprint density at radius 1 is 0.719 bits per heavy atom. The van der Waals surface area contributed by atoms with Gasteiger partial charge in [0.05, 0.1) is 0 Å². The summed E-state index contributed by atoms with van der Waals surface area (Å²) in [6.45, 7) is 20.7. The molecule has 2 aromatic rings. The molecule has 0 spiro atoms. The van der Waals surface area contributed by atoms with E-state index in [-0.39, 0.29) is 22.7 Å². The molecule has 0 aromatic heterocycles. The molecule has 0 N–H and O–H groups in total. The lowest BCUT2D eigenvalue weighted by molar-refractivity contribution is -0.124. The zero-order chi connectivity index (χ0) is 24.7. The van der Waals surface area contributed by atoms with E-state index in [4.69, 9.17) is 0 Å². The van der Waals surface area contributed by atoms with Gasteiger partial charge < -0.3 is 0 Å². The van der Waals surface area contributed by atoms with Gasteiger partial charge in [0.15, 0.2) is 5.78 Å². The van der Waals surface area contributed by atoms with E-state index in [0.29, 0.717) is 18.0 Å².